The van der Waals surface area contributed by atoms with E-state index in [4.69, 9.17) is 10.5 Å². The number of carbonyl (C=O) groups excluding carboxylic acids is 3. The molecule has 0 bridgehead atoms. The van der Waals surface area contributed by atoms with Crippen LogP contribution in [0.1, 0.15) is 36.8 Å². The third-order valence-corrected chi connectivity index (χ3v) is 11.5. The second-order valence-electron chi connectivity index (χ2n) is 13.2. The molecule has 3 fully saturated rings. The lowest BCUT2D eigenvalue weighted by atomic mass is 10.0. The summed E-state index contributed by atoms with van der Waals surface area (Å²) < 4.78 is 7.50. The summed E-state index contributed by atoms with van der Waals surface area (Å²) in [7, 11) is 2.16. The Bertz CT molecular complexity index is 1430. The van der Waals surface area contributed by atoms with Crippen LogP contribution in [-0.4, -0.2) is 127 Å². The van der Waals surface area contributed by atoms with Gasteiger partial charge >= 0.3 is 12.1 Å². The summed E-state index contributed by atoms with van der Waals surface area (Å²) in [5.74, 6) is -0.157. The first kappa shape index (κ1) is 34.0. The predicted molar refractivity (Wildman–Crippen MR) is 189 cm³/mol. The number of anilines is 2. The van der Waals surface area contributed by atoms with Crippen molar-refractivity contribution >= 4 is 61.3 Å². The minimum atomic E-state index is -0.960. The molecule has 1 atom stereocenters. The summed E-state index contributed by atoms with van der Waals surface area (Å²) in [6.45, 7) is 7.09. The number of urea groups is 1. The first-order valence-corrected chi connectivity index (χ1v) is 18.3. The van der Waals surface area contributed by atoms with Crippen LogP contribution in [0.4, 0.5) is 21.0 Å². The van der Waals surface area contributed by atoms with Gasteiger partial charge in [0.2, 0.25) is 0 Å². The average Bonchev–Trinajstić information content (AvgIpc) is 3.25. The molecule has 13 heteroatoms. The van der Waals surface area contributed by atoms with Gasteiger partial charge in [-0.05, 0) is 100 Å². The highest BCUT2D eigenvalue weighted by Crippen LogP contribution is 2.31. The van der Waals surface area contributed by atoms with Crippen molar-refractivity contribution in [3.05, 3.63) is 56.5 Å². The van der Waals surface area contributed by atoms with Crippen molar-refractivity contribution in [2.75, 3.05) is 77.0 Å². The molecule has 0 saturated carbocycles. The van der Waals surface area contributed by atoms with E-state index in [-0.39, 0.29) is 24.4 Å². The van der Waals surface area contributed by atoms with Gasteiger partial charge in [0.1, 0.15) is 0 Å². The Morgan fingerprint density at radius 1 is 0.894 bits per heavy atom. The number of fused-ring (bicyclic) bond motifs is 1. The highest BCUT2D eigenvalue weighted by molar-refractivity contribution is 9.11. The van der Waals surface area contributed by atoms with E-state index in [1.165, 1.54) is 0 Å². The number of nitrogens with two attached hydrogens (primary N) is 1. The minimum Gasteiger partial charge on any atom is -0.436 e. The fourth-order valence-corrected chi connectivity index (χ4v) is 8.57. The summed E-state index contributed by atoms with van der Waals surface area (Å²) in [5.41, 5.74) is 9.53. The fraction of sp³-hybridized carbons (Fsp3) is 0.559. The molecule has 0 unspecified atom stereocenters. The van der Waals surface area contributed by atoms with Crippen LogP contribution in [0.2, 0.25) is 0 Å². The number of ether oxygens (including phenoxy) is 1. The SMILES string of the molecule is CN1CCN(C2CCN(C(=O)[C@@H](Cc3cc(Br)c(N)c(Br)c3)OC(=O)N3CCC(N4CCc5ccccc5NC4=O)CC3)CC2)CC1. The van der Waals surface area contributed by atoms with E-state index in [1.54, 1.807) is 4.90 Å². The zero-order valence-corrected chi connectivity index (χ0v) is 30.2. The number of carbonyl (C=O) groups is 3. The highest BCUT2D eigenvalue weighted by atomic mass is 79.9. The maximum absolute atomic E-state index is 14.0. The second-order valence-corrected chi connectivity index (χ2v) is 14.9. The van der Waals surface area contributed by atoms with Gasteiger partial charge in [0.25, 0.3) is 5.91 Å². The van der Waals surface area contributed by atoms with Crippen LogP contribution in [0.3, 0.4) is 0 Å². The van der Waals surface area contributed by atoms with Crippen molar-refractivity contribution in [1.29, 1.82) is 0 Å². The van der Waals surface area contributed by atoms with Crippen LogP contribution in [-0.2, 0) is 22.4 Å². The monoisotopic (exact) mass is 773 g/mol. The van der Waals surface area contributed by atoms with Crippen molar-refractivity contribution in [2.45, 2.75) is 56.7 Å². The van der Waals surface area contributed by atoms with Crippen LogP contribution < -0.4 is 11.1 Å². The largest absolute Gasteiger partial charge is 0.436 e. The van der Waals surface area contributed by atoms with Crippen molar-refractivity contribution in [3.63, 3.8) is 0 Å². The third-order valence-electron chi connectivity index (χ3n) is 10.2. The van der Waals surface area contributed by atoms with Gasteiger partial charge in [0, 0.05) is 92.0 Å². The average molecular weight is 776 g/mol. The molecule has 4 aliphatic heterocycles. The summed E-state index contributed by atoms with van der Waals surface area (Å²) >= 11 is 7.02. The Kier molecular flexibility index (Phi) is 10.9. The van der Waals surface area contributed by atoms with Gasteiger partial charge in [-0.15, -0.1) is 0 Å². The number of rotatable bonds is 6. The van der Waals surface area contributed by atoms with Gasteiger partial charge in [0.05, 0.1) is 5.69 Å². The third kappa shape index (κ3) is 8.06. The minimum absolute atomic E-state index is 0.0249. The molecule has 0 aromatic heterocycles. The van der Waals surface area contributed by atoms with E-state index in [0.717, 1.165) is 71.2 Å². The number of para-hydroxylation sites is 1. The Balaban J connectivity index is 1.08. The van der Waals surface area contributed by atoms with Crippen molar-refractivity contribution in [2.24, 2.45) is 0 Å². The first-order chi connectivity index (χ1) is 22.7. The van der Waals surface area contributed by atoms with Gasteiger partial charge in [-0.1, -0.05) is 18.2 Å². The van der Waals surface area contributed by atoms with Gasteiger partial charge in [0.15, 0.2) is 6.10 Å². The lowest BCUT2D eigenvalue weighted by Gasteiger charge is -2.42. The molecule has 2 aromatic rings. The standard InChI is InChI=1S/C34H45Br2N7O4/c1-39-16-18-40(19-17-39)25-7-11-41(12-8-25)32(44)30(22-23-20-27(35)31(37)28(36)21-23)47-34(46)42-13-9-26(10-14-42)43-15-6-24-4-2-3-5-29(24)38-33(43)45/h2-5,20-21,25-26,30H,6-19,22,37H2,1H3,(H,38,45)/t30-/m1/s1. The Labute approximate surface area is 294 Å². The van der Waals surface area contributed by atoms with Crippen molar-refractivity contribution in [3.8, 4) is 0 Å². The van der Waals surface area contributed by atoms with Gasteiger partial charge in [-0.2, -0.15) is 0 Å². The molecule has 47 heavy (non-hydrogen) atoms. The molecule has 0 spiro atoms. The van der Waals surface area contributed by atoms with Gasteiger partial charge < -0.3 is 35.4 Å². The van der Waals surface area contributed by atoms with Gasteiger partial charge in [-0.3, -0.25) is 9.69 Å². The van der Waals surface area contributed by atoms with Crippen molar-refractivity contribution < 1.29 is 19.1 Å². The number of hydrogen-bond acceptors (Lipinski definition) is 7. The van der Waals surface area contributed by atoms with Gasteiger partial charge in [-0.25, -0.2) is 9.59 Å². The van der Waals surface area contributed by atoms with Crippen LogP contribution in [0, 0.1) is 0 Å². The lowest BCUT2D eigenvalue weighted by molar-refractivity contribution is -0.142. The number of hydrogen-bond donors (Lipinski definition) is 2. The first-order valence-electron chi connectivity index (χ1n) is 16.7. The smallest absolute Gasteiger partial charge is 0.410 e. The number of amides is 4. The molecule has 6 rings (SSSR count). The molecule has 3 saturated heterocycles. The molecule has 4 amide bonds. The molecule has 254 valence electrons. The van der Waals surface area contributed by atoms with E-state index in [2.05, 4.69) is 54.0 Å². The molecule has 4 aliphatic rings. The van der Waals surface area contributed by atoms with Crippen LogP contribution in [0.25, 0.3) is 0 Å². The Morgan fingerprint density at radius 2 is 1.51 bits per heavy atom. The Hall–Kier alpha value is -2.87. The molecule has 4 heterocycles. The summed E-state index contributed by atoms with van der Waals surface area (Å²) in [6.07, 6.45) is 2.70. The zero-order chi connectivity index (χ0) is 33.1. The summed E-state index contributed by atoms with van der Waals surface area (Å²) in [4.78, 5) is 51.1. The van der Waals surface area contributed by atoms with Crippen molar-refractivity contribution in [1.82, 2.24) is 24.5 Å². The molecule has 3 N–H and O–H groups in total. The number of nitrogen functional groups attached to an aromatic ring is 1. The maximum atomic E-state index is 14.0. The van der Waals surface area contributed by atoms with E-state index < -0.39 is 12.2 Å². The number of halogens is 2. The lowest BCUT2D eigenvalue weighted by Crippen LogP contribution is -2.54. The van der Waals surface area contributed by atoms with Crippen LogP contribution in [0.15, 0.2) is 45.3 Å². The molecule has 0 aliphatic carbocycles. The molecule has 0 radical (unpaired) electrons. The predicted octanol–water partition coefficient (Wildman–Crippen LogP) is 4.63. The second kappa shape index (κ2) is 15.1. The molecule has 2 aromatic carbocycles. The molecular weight excluding hydrogens is 730 g/mol. The topological polar surface area (TPSA) is 115 Å². The summed E-state index contributed by atoms with van der Waals surface area (Å²) in [6, 6.07) is 12.1. The zero-order valence-electron chi connectivity index (χ0n) is 27.0. The molecule has 11 nitrogen and oxygen atoms in total. The Morgan fingerprint density at radius 3 is 2.19 bits per heavy atom. The van der Waals surface area contributed by atoms with E-state index in [0.29, 0.717) is 57.3 Å². The van der Waals surface area contributed by atoms with Crippen LogP contribution in [0.5, 0.6) is 0 Å². The number of piperidine rings is 2. The normalized spacial score (nSPS) is 21.2. The van der Waals surface area contributed by atoms with E-state index in [1.807, 2.05) is 46.2 Å². The number of nitrogens with zero attached hydrogens (tertiary/aromatic N) is 5. The fourth-order valence-electron chi connectivity index (χ4n) is 7.28. The molecular formula is C34H45Br2N7O4. The maximum Gasteiger partial charge on any atom is 0.410 e. The number of benzene rings is 2. The highest BCUT2D eigenvalue weighted by Gasteiger charge is 2.36. The van der Waals surface area contributed by atoms with Crippen LogP contribution >= 0.6 is 31.9 Å². The number of nitrogens with one attached hydrogen (secondary N) is 1. The quantitative estimate of drug-likeness (QED) is 0.412. The number of piperazine rings is 1. The van der Waals surface area contributed by atoms with E-state index >= 15 is 0 Å². The van der Waals surface area contributed by atoms with E-state index in [9.17, 15) is 14.4 Å². The summed E-state index contributed by atoms with van der Waals surface area (Å²) in [5, 5.41) is 3.05. The number of likely N-dealkylation sites (N-methyl/N-ethyl adjacent to an activating group) is 1. The number of likely N-dealkylation sites (tertiary alicyclic amines) is 2.